The van der Waals surface area contributed by atoms with E-state index in [2.05, 4.69) is 10.3 Å². The number of benzene rings is 1. The first kappa shape index (κ1) is 17.4. The Kier molecular flexibility index (Phi) is 4.99. The van der Waals surface area contributed by atoms with E-state index in [0.717, 1.165) is 29.2 Å². The molecule has 0 bridgehead atoms. The molecule has 0 spiro atoms. The molecule has 0 aliphatic heterocycles. The minimum atomic E-state index is -0.491. The van der Waals surface area contributed by atoms with E-state index in [-0.39, 0.29) is 28.5 Å². The zero-order chi connectivity index (χ0) is 18.0. The van der Waals surface area contributed by atoms with Crippen LogP contribution in [0.2, 0.25) is 5.02 Å². The topological polar surface area (TPSA) is 106 Å². The molecule has 0 aliphatic carbocycles. The molecule has 126 valence electrons. The van der Waals surface area contributed by atoms with E-state index in [4.69, 9.17) is 11.6 Å². The maximum Gasteiger partial charge on any atom is 0.252 e. The predicted molar refractivity (Wildman–Crippen MR) is 99.6 cm³/mol. The number of nitrogens with one attached hydrogen (secondary N) is 2. The van der Waals surface area contributed by atoms with Crippen molar-refractivity contribution in [1.29, 1.82) is 5.26 Å². The number of aromatic amines is 1. The van der Waals surface area contributed by atoms with E-state index in [1.807, 2.05) is 6.07 Å². The van der Waals surface area contributed by atoms with Crippen LogP contribution in [0, 0.1) is 11.3 Å². The Bertz CT molecular complexity index is 1070. The number of aromatic hydroxyl groups is 1. The SMILES string of the molecule is N#Cc1c(SCC(=O)Nc2cccc(Cl)c2)sc2c(O)cc(=O)[nH]c12. The standard InChI is InChI=1S/C16H10ClN3O3S2/c17-8-2-1-3-9(4-8)19-13(23)7-24-16-10(6-18)14-15(25-16)11(21)5-12(22)20-14/h1-5H,7H2,(H,19,23)(H2,20,21,22). The number of nitriles is 1. The van der Waals surface area contributed by atoms with Gasteiger partial charge in [-0.25, -0.2) is 0 Å². The second-order valence-electron chi connectivity index (χ2n) is 4.95. The summed E-state index contributed by atoms with van der Waals surface area (Å²) in [4.78, 5) is 26.1. The fourth-order valence-corrected chi connectivity index (χ4v) is 4.49. The van der Waals surface area contributed by atoms with Crippen molar-refractivity contribution in [3.05, 3.63) is 51.3 Å². The number of nitrogens with zero attached hydrogens (tertiary/aromatic N) is 1. The minimum Gasteiger partial charge on any atom is -0.506 e. The molecule has 3 N–H and O–H groups in total. The monoisotopic (exact) mass is 391 g/mol. The number of hydrogen-bond donors (Lipinski definition) is 3. The molecule has 2 heterocycles. The number of halogens is 1. The Morgan fingerprint density at radius 3 is 2.96 bits per heavy atom. The first-order chi connectivity index (χ1) is 12.0. The Morgan fingerprint density at radius 1 is 1.44 bits per heavy atom. The van der Waals surface area contributed by atoms with Gasteiger partial charge in [-0.05, 0) is 18.2 Å². The van der Waals surface area contributed by atoms with Crippen LogP contribution in [0.25, 0.3) is 10.2 Å². The maximum atomic E-state index is 12.1. The molecule has 0 radical (unpaired) electrons. The highest BCUT2D eigenvalue weighted by atomic mass is 35.5. The highest BCUT2D eigenvalue weighted by Gasteiger charge is 2.17. The maximum absolute atomic E-state index is 12.1. The summed E-state index contributed by atoms with van der Waals surface area (Å²) in [6.07, 6.45) is 0. The van der Waals surface area contributed by atoms with Crippen molar-refractivity contribution >= 4 is 56.5 Å². The van der Waals surface area contributed by atoms with Crippen molar-refractivity contribution in [2.75, 3.05) is 11.1 Å². The molecule has 0 saturated heterocycles. The zero-order valence-corrected chi connectivity index (χ0v) is 14.9. The lowest BCUT2D eigenvalue weighted by Crippen LogP contribution is -2.13. The summed E-state index contributed by atoms with van der Waals surface area (Å²) >= 11 is 8.19. The van der Waals surface area contributed by atoms with Crippen molar-refractivity contribution in [1.82, 2.24) is 4.98 Å². The first-order valence-electron chi connectivity index (χ1n) is 6.95. The van der Waals surface area contributed by atoms with Crippen LogP contribution in [-0.2, 0) is 4.79 Å². The summed E-state index contributed by atoms with van der Waals surface area (Å²) in [5.41, 5.74) is 0.621. The molecule has 2 aromatic heterocycles. The predicted octanol–water partition coefficient (Wildman–Crippen LogP) is 3.55. The molecule has 6 nitrogen and oxygen atoms in total. The van der Waals surface area contributed by atoms with Crippen LogP contribution in [0.4, 0.5) is 5.69 Å². The van der Waals surface area contributed by atoms with E-state index in [0.29, 0.717) is 19.6 Å². The molecule has 0 aliphatic rings. The number of amides is 1. The van der Waals surface area contributed by atoms with Gasteiger partial charge in [0.25, 0.3) is 5.56 Å². The van der Waals surface area contributed by atoms with Crippen molar-refractivity contribution < 1.29 is 9.90 Å². The molecule has 3 aromatic rings. The number of hydrogen-bond acceptors (Lipinski definition) is 6. The number of thioether (sulfide) groups is 1. The largest absolute Gasteiger partial charge is 0.506 e. The van der Waals surface area contributed by atoms with Gasteiger partial charge in [0, 0.05) is 16.8 Å². The van der Waals surface area contributed by atoms with Gasteiger partial charge in [0.1, 0.15) is 17.4 Å². The fourth-order valence-electron chi connectivity index (χ4n) is 2.16. The second kappa shape index (κ2) is 7.19. The van der Waals surface area contributed by atoms with Crippen molar-refractivity contribution in [2.45, 2.75) is 4.21 Å². The van der Waals surface area contributed by atoms with E-state index < -0.39 is 5.56 Å². The van der Waals surface area contributed by atoms with E-state index in [1.165, 1.54) is 0 Å². The lowest BCUT2D eigenvalue weighted by molar-refractivity contribution is -0.113. The average molecular weight is 392 g/mol. The summed E-state index contributed by atoms with van der Waals surface area (Å²) in [5.74, 6) is -0.374. The summed E-state index contributed by atoms with van der Waals surface area (Å²) in [6.45, 7) is 0. The van der Waals surface area contributed by atoms with Gasteiger partial charge in [-0.15, -0.1) is 23.1 Å². The van der Waals surface area contributed by atoms with Crippen molar-refractivity contribution in [3.63, 3.8) is 0 Å². The molecule has 0 unspecified atom stereocenters. The zero-order valence-electron chi connectivity index (χ0n) is 12.5. The van der Waals surface area contributed by atoms with Crippen LogP contribution < -0.4 is 10.9 Å². The van der Waals surface area contributed by atoms with Gasteiger partial charge < -0.3 is 15.4 Å². The van der Waals surface area contributed by atoms with Gasteiger partial charge >= 0.3 is 0 Å². The molecule has 0 fully saturated rings. The molecule has 0 saturated carbocycles. The van der Waals surface area contributed by atoms with Crippen LogP contribution in [0.15, 0.2) is 39.3 Å². The lowest BCUT2D eigenvalue weighted by atomic mass is 10.3. The van der Waals surface area contributed by atoms with Crippen LogP contribution >= 0.6 is 34.7 Å². The number of rotatable bonds is 4. The quantitative estimate of drug-likeness (QED) is 0.589. The Hall–Kier alpha value is -2.47. The molecular formula is C16H10ClN3O3S2. The van der Waals surface area contributed by atoms with Gasteiger partial charge in [-0.2, -0.15) is 5.26 Å². The number of thiophene rings is 1. The first-order valence-corrected chi connectivity index (χ1v) is 9.13. The fraction of sp³-hybridized carbons (Fsp3) is 0.0625. The van der Waals surface area contributed by atoms with Crippen LogP contribution in [0.1, 0.15) is 5.56 Å². The third-order valence-corrected chi connectivity index (χ3v) is 5.90. The molecular weight excluding hydrogens is 382 g/mol. The second-order valence-corrected chi connectivity index (χ2v) is 7.65. The number of aromatic nitrogens is 1. The van der Waals surface area contributed by atoms with E-state index >= 15 is 0 Å². The van der Waals surface area contributed by atoms with Crippen molar-refractivity contribution in [3.8, 4) is 11.8 Å². The number of H-pyrrole nitrogens is 1. The number of fused-ring (bicyclic) bond motifs is 1. The normalized spacial score (nSPS) is 10.6. The molecule has 0 atom stereocenters. The number of anilines is 1. The van der Waals surface area contributed by atoms with E-state index in [1.54, 1.807) is 24.3 Å². The summed E-state index contributed by atoms with van der Waals surface area (Å²) in [5, 5.41) is 22.4. The molecule has 25 heavy (non-hydrogen) atoms. The van der Waals surface area contributed by atoms with Gasteiger partial charge in [-0.3, -0.25) is 9.59 Å². The van der Waals surface area contributed by atoms with Crippen molar-refractivity contribution in [2.24, 2.45) is 0 Å². The lowest BCUT2D eigenvalue weighted by Gasteiger charge is -2.04. The van der Waals surface area contributed by atoms with Gasteiger partial charge in [0.2, 0.25) is 5.91 Å². The van der Waals surface area contributed by atoms with E-state index in [9.17, 15) is 20.0 Å². The van der Waals surface area contributed by atoms with Crippen LogP contribution in [-0.4, -0.2) is 21.8 Å². The van der Waals surface area contributed by atoms with Crippen LogP contribution in [0.5, 0.6) is 5.75 Å². The van der Waals surface area contributed by atoms with Crippen LogP contribution in [0.3, 0.4) is 0 Å². The number of pyridine rings is 1. The third-order valence-electron chi connectivity index (χ3n) is 3.18. The molecule has 1 aromatic carbocycles. The number of carbonyl (C=O) groups is 1. The number of carbonyl (C=O) groups excluding carboxylic acids is 1. The molecule has 3 rings (SSSR count). The average Bonchev–Trinajstić information content (AvgIpc) is 2.90. The van der Waals surface area contributed by atoms with Gasteiger partial charge in [-0.1, -0.05) is 17.7 Å². The Balaban J connectivity index is 1.79. The van der Waals surface area contributed by atoms with Gasteiger partial charge in [0.05, 0.1) is 20.2 Å². The summed E-state index contributed by atoms with van der Waals surface area (Å²) in [6, 6.07) is 9.85. The summed E-state index contributed by atoms with van der Waals surface area (Å²) in [7, 11) is 0. The highest BCUT2D eigenvalue weighted by Crippen LogP contribution is 2.39. The molecule has 9 heteroatoms. The Labute approximate surface area is 155 Å². The summed E-state index contributed by atoms with van der Waals surface area (Å²) < 4.78 is 0.963. The Morgan fingerprint density at radius 2 is 2.24 bits per heavy atom. The third kappa shape index (κ3) is 3.79. The smallest absolute Gasteiger partial charge is 0.252 e. The van der Waals surface area contributed by atoms with Gasteiger partial charge in [0.15, 0.2) is 0 Å². The highest BCUT2D eigenvalue weighted by molar-refractivity contribution is 8.02. The molecule has 1 amide bonds. The minimum absolute atomic E-state index is 0.0685.